The van der Waals surface area contributed by atoms with E-state index in [1.165, 1.54) is 44.6 Å². The van der Waals surface area contributed by atoms with Gasteiger partial charge in [0.15, 0.2) is 0 Å². The average Bonchev–Trinajstić information content (AvgIpc) is 2.66. The maximum atomic E-state index is 13.5. The Balaban J connectivity index is 2.00. The molecular formula is C15H19Br2FO. The monoisotopic (exact) mass is 392 g/mol. The average molecular weight is 394 g/mol. The standard InChI is InChI=1S/C15H19Br2FO/c16-10-15(7-3-1-2-4-8-15)11-19-12-5-6-13(17)14(18)9-12/h5-6,9H,1-4,7-8,10-11H2. The summed E-state index contributed by atoms with van der Waals surface area (Å²) < 4.78 is 19.8. The summed E-state index contributed by atoms with van der Waals surface area (Å²) in [5.74, 6) is 0.344. The fraction of sp³-hybridized carbons (Fsp3) is 0.600. The smallest absolute Gasteiger partial charge is 0.141 e. The van der Waals surface area contributed by atoms with Crippen molar-refractivity contribution >= 4 is 31.9 Å². The lowest BCUT2D eigenvalue weighted by atomic mass is 9.83. The summed E-state index contributed by atoms with van der Waals surface area (Å²) in [5, 5.41) is 0.957. The van der Waals surface area contributed by atoms with Gasteiger partial charge in [-0.1, -0.05) is 41.6 Å². The normalized spacial score (nSPS) is 18.9. The highest BCUT2D eigenvalue weighted by Gasteiger charge is 2.30. The fourth-order valence-electron chi connectivity index (χ4n) is 2.60. The molecule has 19 heavy (non-hydrogen) atoms. The molecule has 0 N–H and O–H groups in total. The summed E-state index contributed by atoms with van der Waals surface area (Å²) in [6.45, 7) is 0.666. The maximum Gasteiger partial charge on any atom is 0.141 e. The zero-order valence-electron chi connectivity index (χ0n) is 10.9. The van der Waals surface area contributed by atoms with Crippen LogP contribution in [0.3, 0.4) is 0 Å². The van der Waals surface area contributed by atoms with Crippen LogP contribution in [0.15, 0.2) is 22.7 Å². The summed E-state index contributed by atoms with van der Waals surface area (Å²) in [6, 6.07) is 4.95. The molecule has 0 heterocycles. The van der Waals surface area contributed by atoms with E-state index in [2.05, 4.69) is 31.9 Å². The van der Waals surface area contributed by atoms with Gasteiger partial charge in [0.1, 0.15) is 11.6 Å². The van der Waals surface area contributed by atoms with Crippen LogP contribution in [0.5, 0.6) is 5.75 Å². The lowest BCUT2D eigenvalue weighted by molar-refractivity contribution is 0.149. The van der Waals surface area contributed by atoms with E-state index in [1.54, 1.807) is 6.07 Å². The first-order valence-corrected chi connectivity index (χ1v) is 8.70. The van der Waals surface area contributed by atoms with Gasteiger partial charge in [-0.15, -0.1) is 0 Å². The molecule has 0 bridgehead atoms. The molecule has 1 aromatic carbocycles. The molecule has 0 aliphatic heterocycles. The second-order valence-corrected chi connectivity index (χ2v) is 6.83. The molecule has 1 saturated carbocycles. The predicted octanol–water partition coefficient (Wildman–Crippen LogP) is 5.70. The molecule has 1 fully saturated rings. The van der Waals surface area contributed by atoms with Gasteiger partial charge >= 0.3 is 0 Å². The van der Waals surface area contributed by atoms with Crippen LogP contribution in [0.2, 0.25) is 0 Å². The molecule has 0 unspecified atom stereocenters. The Kier molecular flexibility index (Phi) is 5.70. The van der Waals surface area contributed by atoms with Crippen LogP contribution in [-0.2, 0) is 0 Å². The van der Waals surface area contributed by atoms with Crippen LogP contribution in [0.1, 0.15) is 38.5 Å². The van der Waals surface area contributed by atoms with E-state index in [0.717, 1.165) is 5.33 Å². The predicted molar refractivity (Wildman–Crippen MR) is 83.5 cm³/mol. The highest BCUT2D eigenvalue weighted by Crippen LogP contribution is 2.37. The van der Waals surface area contributed by atoms with E-state index in [-0.39, 0.29) is 11.2 Å². The van der Waals surface area contributed by atoms with Gasteiger partial charge in [0, 0.05) is 16.8 Å². The van der Waals surface area contributed by atoms with Gasteiger partial charge in [-0.25, -0.2) is 4.39 Å². The molecule has 0 atom stereocenters. The quantitative estimate of drug-likeness (QED) is 0.470. The molecule has 0 radical (unpaired) electrons. The molecule has 0 amide bonds. The van der Waals surface area contributed by atoms with Gasteiger partial charge in [-0.3, -0.25) is 0 Å². The number of halogens is 3. The van der Waals surface area contributed by atoms with Crippen LogP contribution in [0.25, 0.3) is 0 Å². The Bertz CT molecular complexity index is 415. The van der Waals surface area contributed by atoms with Crippen molar-refractivity contribution in [1.82, 2.24) is 0 Å². The summed E-state index contributed by atoms with van der Waals surface area (Å²) in [7, 11) is 0. The molecule has 4 heteroatoms. The zero-order valence-corrected chi connectivity index (χ0v) is 14.1. The Morgan fingerprint density at radius 2 is 1.84 bits per heavy atom. The summed E-state index contributed by atoms with van der Waals surface area (Å²) >= 11 is 6.79. The summed E-state index contributed by atoms with van der Waals surface area (Å²) in [4.78, 5) is 0. The number of hydrogen-bond donors (Lipinski definition) is 0. The lowest BCUT2D eigenvalue weighted by Gasteiger charge is -2.30. The minimum Gasteiger partial charge on any atom is -0.493 e. The van der Waals surface area contributed by atoms with Crippen molar-refractivity contribution in [2.45, 2.75) is 38.5 Å². The van der Waals surface area contributed by atoms with Crippen LogP contribution in [-0.4, -0.2) is 11.9 Å². The highest BCUT2D eigenvalue weighted by molar-refractivity contribution is 9.10. The van der Waals surface area contributed by atoms with Crippen molar-refractivity contribution < 1.29 is 9.13 Å². The Labute approximate surface area is 131 Å². The summed E-state index contributed by atoms with van der Waals surface area (Å²) in [5.41, 5.74) is 0.208. The van der Waals surface area contributed by atoms with Gasteiger partial charge in [0.2, 0.25) is 0 Å². The topological polar surface area (TPSA) is 9.23 Å². The minimum absolute atomic E-state index is 0.208. The Morgan fingerprint density at radius 1 is 1.16 bits per heavy atom. The number of rotatable bonds is 4. The Morgan fingerprint density at radius 3 is 2.42 bits per heavy atom. The minimum atomic E-state index is -0.272. The third kappa shape index (κ3) is 4.19. The summed E-state index contributed by atoms with van der Waals surface area (Å²) in [6.07, 6.45) is 7.56. The van der Waals surface area contributed by atoms with Gasteiger partial charge in [0.05, 0.1) is 11.1 Å². The molecular weight excluding hydrogens is 375 g/mol. The van der Waals surface area contributed by atoms with Crippen molar-refractivity contribution in [3.8, 4) is 5.75 Å². The molecule has 0 aromatic heterocycles. The third-order valence-corrected chi connectivity index (χ3v) is 5.72. The van der Waals surface area contributed by atoms with Gasteiger partial charge in [0.25, 0.3) is 0 Å². The van der Waals surface area contributed by atoms with Crippen molar-refractivity contribution in [1.29, 1.82) is 0 Å². The van der Waals surface area contributed by atoms with Crippen LogP contribution < -0.4 is 4.74 Å². The van der Waals surface area contributed by atoms with Crippen LogP contribution in [0.4, 0.5) is 4.39 Å². The highest BCUT2D eigenvalue weighted by atomic mass is 79.9. The second-order valence-electron chi connectivity index (χ2n) is 5.41. The lowest BCUT2D eigenvalue weighted by Crippen LogP contribution is -2.30. The van der Waals surface area contributed by atoms with Gasteiger partial charge in [-0.2, -0.15) is 0 Å². The molecule has 106 valence electrons. The first-order valence-electron chi connectivity index (χ1n) is 6.79. The molecule has 0 spiro atoms. The van der Waals surface area contributed by atoms with E-state index >= 15 is 0 Å². The van der Waals surface area contributed by atoms with Crippen molar-refractivity contribution in [3.63, 3.8) is 0 Å². The fourth-order valence-corrected chi connectivity index (χ4v) is 3.57. The van der Waals surface area contributed by atoms with Crippen molar-refractivity contribution in [3.05, 3.63) is 28.5 Å². The molecule has 1 aromatic rings. The molecule has 1 aliphatic carbocycles. The largest absolute Gasteiger partial charge is 0.493 e. The number of hydrogen-bond acceptors (Lipinski definition) is 1. The van der Waals surface area contributed by atoms with Crippen LogP contribution >= 0.6 is 31.9 Å². The van der Waals surface area contributed by atoms with E-state index in [0.29, 0.717) is 16.8 Å². The van der Waals surface area contributed by atoms with Gasteiger partial charge < -0.3 is 4.74 Å². The van der Waals surface area contributed by atoms with E-state index in [4.69, 9.17) is 4.74 Å². The molecule has 2 rings (SSSR count). The van der Waals surface area contributed by atoms with Crippen molar-refractivity contribution in [2.24, 2.45) is 5.41 Å². The zero-order chi connectivity index (χ0) is 13.7. The number of alkyl halides is 1. The molecule has 1 nitrogen and oxygen atoms in total. The first kappa shape index (κ1) is 15.3. The van der Waals surface area contributed by atoms with Gasteiger partial charge in [-0.05, 0) is 40.9 Å². The molecule has 1 aliphatic rings. The molecule has 0 saturated heterocycles. The number of ether oxygens (including phenoxy) is 1. The first-order chi connectivity index (χ1) is 9.15. The van der Waals surface area contributed by atoms with Crippen molar-refractivity contribution in [2.75, 3.05) is 11.9 Å². The maximum absolute atomic E-state index is 13.5. The third-order valence-electron chi connectivity index (χ3n) is 3.88. The van der Waals surface area contributed by atoms with E-state index < -0.39 is 0 Å². The SMILES string of the molecule is Fc1cc(OCC2(CBr)CCCCCC2)ccc1Br. The van der Waals surface area contributed by atoms with E-state index in [9.17, 15) is 4.39 Å². The number of benzene rings is 1. The second kappa shape index (κ2) is 7.07. The van der Waals surface area contributed by atoms with Crippen LogP contribution in [0, 0.1) is 11.2 Å². The Hall–Kier alpha value is -0.0900. The van der Waals surface area contributed by atoms with E-state index in [1.807, 2.05) is 6.07 Å².